The Labute approximate surface area is 121 Å². The van der Waals surface area contributed by atoms with Crippen LogP contribution in [0.15, 0.2) is 28.9 Å². The monoisotopic (exact) mass is 323 g/mol. The molecule has 102 valence electrons. The number of aliphatic hydroxyl groups excluding tert-OH is 1. The highest BCUT2D eigenvalue weighted by atomic mass is 79.9. The molecule has 0 amide bonds. The summed E-state index contributed by atoms with van der Waals surface area (Å²) in [6.45, 7) is 5.65. The van der Waals surface area contributed by atoms with E-state index in [0.717, 1.165) is 21.1 Å². The fraction of sp³-hybridized carbons (Fsp3) is 0.357. The van der Waals surface area contributed by atoms with Gasteiger partial charge in [0, 0.05) is 21.7 Å². The lowest BCUT2D eigenvalue weighted by atomic mass is 9.98. The molecule has 0 radical (unpaired) electrons. The van der Waals surface area contributed by atoms with Gasteiger partial charge in [0.05, 0.1) is 22.8 Å². The molecule has 1 unspecified atom stereocenters. The van der Waals surface area contributed by atoms with E-state index in [1.807, 2.05) is 32.0 Å². The summed E-state index contributed by atoms with van der Waals surface area (Å²) in [6, 6.07) is 5.68. The molecule has 5 heteroatoms. The van der Waals surface area contributed by atoms with Gasteiger partial charge in [0.1, 0.15) is 0 Å². The molecule has 0 aliphatic carbocycles. The van der Waals surface area contributed by atoms with Gasteiger partial charge in [0.2, 0.25) is 0 Å². The summed E-state index contributed by atoms with van der Waals surface area (Å²) in [6.07, 6.45) is 1.25. The number of anilines is 2. The summed E-state index contributed by atoms with van der Waals surface area (Å²) in [5.74, 6) is 0. The average Bonchev–Trinajstić information content (AvgIpc) is 2.32. The van der Waals surface area contributed by atoms with Crippen LogP contribution in [-0.2, 0) is 0 Å². The number of nitrogens with zero attached hydrogens (tertiary/aromatic N) is 1. The third kappa shape index (κ3) is 2.82. The van der Waals surface area contributed by atoms with Gasteiger partial charge in [0.15, 0.2) is 0 Å². The molecule has 0 bridgehead atoms. The zero-order chi connectivity index (χ0) is 14.2. The Balaban J connectivity index is 2.54. The predicted molar refractivity (Wildman–Crippen MR) is 83.2 cm³/mol. The van der Waals surface area contributed by atoms with Crippen molar-refractivity contribution in [2.24, 2.45) is 0 Å². The van der Waals surface area contributed by atoms with Crippen molar-refractivity contribution >= 4 is 38.2 Å². The molecular weight excluding hydrogens is 306 g/mol. The second-order valence-corrected chi connectivity index (χ2v) is 6.19. The lowest BCUT2D eigenvalue weighted by molar-refractivity contribution is 0.133. The topological polar surface area (TPSA) is 71.2 Å². The van der Waals surface area contributed by atoms with Crippen LogP contribution in [-0.4, -0.2) is 21.7 Å². The van der Waals surface area contributed by atoms with Crippen LogP contribution in [0.4, 0.5) is 11.4 Å². The Morgan fingerprint density at radius 1 is 1.42 bits per heavy atom. The highest BCUT2D eigenvalue weighted by Gasteiger charge is 2.24. The van der Waals surface area contributed by atoms with Crippen LogP contribution in [0.25, 0.3) is 10.9 Å². The number of halogens is 1. The van der Waals surface area contributed by atoms with E-state index in [4.69, 9.17) is 5.73 Å². The summed E-state index contributed by atoms with van der Waals surface area (Å²) in [5.41, 5.74) is 7.88. The number of benzene rings is 1. The van der Waals surface area contributed by atoms with E-state index < -0.39 is 11.6 Å². The van der Waals surface area contributed by atoms with Crippen molar-refractivity contribution in [1.82, 2.24) is 4.98 Å². The lowest BCUT2D eigenvalue weighted by Gasteiger charge is -2.31. The first-order valence-corrected chi connectivity index (χ1v) is 6.90. The summed E-state index contributed by atoms with van der Waals surface area (Å²) in [4.78, 5) is 4.41. The van der Waals surface area contributed by atoms with Gasteiger partial charge in [-0.3, -0.25) is 4.98 Å². The highest BCUT2D eigenvalue weighted by molar-refractivity contribution is 9.10. The molecule has 2 rings (SSSR count). The normalized spacial score (nSPS) is 13.5. The van der Waals surface area contributed by atoms with Crippen molar-refractivity contribution in [2.45, 2.75) is 32.4 Å². The van der Waals surface area contributed by atoms with Gasteiger partial charge in [-0.05, 0) is 54.9 Å². The molecule has 1 aromatic heterocycles. The maximum absolute atomic E-state index is 9.80. The van der Waals surface area contributed by atoms with Gasteiger partial charge in [-0.25, -0.2) is 0 Å². The Morgan fingerprint density at radius 2 is 2.11 bits per heavy atom. The molecule has 0 spiro atoms. The van der Waals surface area contributed by atoms with Gasteiger partial charge in [-0.2, -0.15) is 0 Å². The van der Waals surface area contributed by atoms with E-state index >= 15 is 0 Å². The fourth-order valence-electron chi connectivity index (χ4n) is 1.77. The van der Waals surface area contributed by atoms with Gasteiger partial charge in [-0.15, -0.1) is 0 Å². The largest absolute Gasteiger partial charge is 0.398 e. The first-order valence-electron chi connectivity index (χ1n) is 6.11. The minimum atomic E-state index is -0.490. The number of hydrogen-bond acceptors (Lipinski definition) is 4. The third-order valence-electron chi connectivity index (χ3n) is 3.35. The van der Waals surface area contributed by atoms with Crippen LogP contribution >= 0.6 is 15.9 Å². The molecule has 0 aliphatic rings. The SMILES string of the molecule is CC(O)C(C)(C)Nc1ccc(N)c2cc(Br)cnc12. The van der Waals surface area contributed by atoms with Crippen molar-refractivity contribution in [3.63, 3.8) is 0 Å². The second kappa shape index (κ2) is 4.98. The number of nitrogens with one attached hydrogen (secondary N) is 1. The van der Waals surface area contributed by atoms with Crippen molar-refractivity contribution in [2.75, 3.05) is 11.1 Å². The molecule has 4 nitrogen and oxygen atoms in total. The summed E-state index contributed by atoms with van der Waals surface area (Å²) in [7, 11) is 0. The number of hydrogen-bond donors (Lipinski definition) is 3. The molecule has 19 heavy (non-hydrogen) atoms. The molecule has 1 atom stereocenters. The minimum absolute atomic E-state index is 0.447. The summed E-state index contributed by atoms with van der Waals surface area (Å²) >= 11 is 3.40. The van der Waals surface area contributed by atoms with E-state index in [1.54, 1.807) is 13.1 Å². The molecule has 0 aliphatic heterocycles. The van der Waals surface area contributed by atoms with E-state index in [0.29, 0.717) is 5.69 Å². The van der Waals surface area contributed by atoms with E-state index in [9.17, 15) is 5.11 Å². The average molecular weight is 324 g/mol. The van der Waals surface area contributed by atoms with E-state index in [1.165, 1.54) is 0 Å². The van der Waals surface area contributed by atoms with Gasteiger partial charge >= 0.3 is 0 Å². The van der Waals surface area contributed by atoms with Crippen LogP contribution in [0.1, 0.15) is 20.8 Å². The number of nitrogens with two attached hydrogens (primary N) is 1. The number of aromatic nitrogens is 1. The highest BCUT2D eigenvalue weighted by Crippen LogP contribution is 2.31. The molecule has 2 aromatic rings. The Kier molecular flexibility index (Phi) is 3.69. The van der Waals surface area contributed by atoms with Crippen molar-refractivity contribution in [1.29, 1.82) is 0 Å². The molecule has 0 fully saturated rings. The molecule has 4 N–H and O–H groups in total. The summed E-state index contributed by atoms with van der Waals surface area (Å²) < 4.78 is 0.888. The zero-order valence-corrected chi connectivity index (χ0v) is 12.8. The van der Waals surface area contributed by atoms with Crippen molar-refractivity contribution in [3.8, 4) is 0 Å². The van der Waals surface area contributed by atoms with Crippen LogP contribution in [0.2, 0.25) is 0 Å². The first-order chi connectivity index (χ1) is 8.81. The Morgan fingerprint density at radius 3 is 2.74 bits per heavy atom. The smallest absolute Gasteiger partial charge is 0.0954 e. The summed E-state index contributed by atoms with van der Waals surface area (Å²) in [5, 5.41) is 14.0. The van der Waals surface area contributed by atoms with E-state index in [-0.39, 0.29) is 0 Å². The van der Waals surface area contributed by atoms with Gasteiger partial charge < -0.3 is 16.2 Å². The quantitative estimate of drug-likeness (QED) is 0.759. The van der Waals surface area contributed by atoms with Crippen LogP contribution in [0.5, 0.6) is 0 Å². The lowest BCUT2D eigenvalue weighted by Crippen LogP contribution is -2.41. The van der Waals surface area contributed by atoms with Crippen molar-refractivity contribution in [3.05, 3.63) is 28.9 Å². The number of fused-ring (bicyclic) bond motifs is 1. The molecule has 1 aromatic carbocycles. The standard InChI is InChI=1S/C14H18BrN3O/c1-8(19)14(2,3)18-12-5-4-11(16)10-6-9(15)7-17-13(10)12/h4-8,18-19H,16H2,1-3H3. The first kappa shape index (κ1) is 14.1. The number of aliphatic hydroxyl groups is 1. The van der Waals surface area contributed by atoms with Gasteiger partial charge in [-0.1, -0.05) is 0 Å². The van der Waals surface area contributed by atoms with Crippen LogP contribution in [0, 0.1) is 0 Å². The maximum atomic E-state index is 9.80. The Bertz CT molecular complexity index is 611. The van der Waals surface area contributed by atoms with Crippen LogP contribution < -0.4 is 11.1 Å². The van der Waals surface area contributed by atoms with Gasteiger partial charge in [0.25, 0.3) is 0 Å². The van der Waals surface area contributed by atoms with E-state index in [2.05, 4.69) is 26.2 Å². The molecule has 0 saturated heterocycles. The fourth-order valence-corrected chi connectivity index (χ4v) is 2.10. The zero-order valence-electron chi connectivity index (χ0n) is 11.2. The number of nitrogen functional groups attached to an aromatic ring is 1. The Hall–Kier alpha value is -1.33. The number of rotatable bonds is 3. The second-order valence-electron chi connectivity index (χ2n) is 5.27. The predicted octanol–water partition coefficient (Wildman–Crippen LogP) is 3.15. The number of pyridine rings is 1. The molecule has 1 heterocycles. The molecule has 0 saturated carbocycles. The molecular formula is C14H18BrN3O. The van der Waals surface area contributed by atoms with Crippen LogP contribution in [0.3, 0.4) is 0 Å². The van der Waals surface area contributed by atoms with Crippen molar-refractivity contribution < 1.29 is 5.11 Å². The third-order valence-corrected chi connectivity index (χ3v) is 3.78. The minimum Gasteiger partial charge on any atom is -0.398 e. The maximum Gasteiger partial charge on any atom is 0.0954 e.